The summed E-state index contributed by atoms with van der Waals surface area (Å²) in [6.07, 6.45) is 3.75. The van der Waals surface area contributed by atoms with Gasteiger partial charge >= 0.3 is 0 Å². The zero-order chi connectivity index (χ0) is 27.6. The van der Waals surface area contributed by atoms with Crippen LogP contribution >= 0.6 is 31.9 Å². The van der Waals surface area contributed by atoms with Crippen molar-refractivity contribution in [3.63, 3.8) is 0 Å². The second-order valence-electron chi connectivity index (χ2n) is 9.85. The maximum Gasteiger partial charge on any atom is 0.0187 e. The maximum atomic E-state index is 3.98. The summed E-state index contributed by atoms with van der Waals surface area (Å²) in [4.78, 5) is 0. The Kier molecular flexibility index (Phi) is 7.38. The highest BCUT2D eigenvalue weighted by molar-refractivity contribution is 9.10. The number of rotatable bonds is 6. The molecular weight excluding hydrogens is 616 g/mol. The molecule has 192 valence electrons. The molecule has 0 bridgehead atoms. The highest BCUT2D eigenvalue weighted by Crippen LogP contribution is 2.36. The van der Waals surface area contributed by atoms with Gasteiger partial charge in [-0.1, -0.05) is 124 Å². The lowest BCUT2D eigenvalue weighted by Gasteiger charge is -2.12. The zero-order valence-electron chi connectivity index (χ0n) is 21.9. The second kappa shape index (κ2) is 11.3. The highest BCUT2D eigenvalue weighted by Gasteiger charge is 2.10. The lowest BCUT2D eigenvalue weighted by atomic mass is 9.93. The van der Waals surface area contributed by atoms with Crippen LogP contribution in [0.4, 0.5) is 0 Å². The summed E-state index contributed by atoms with van der Waals surface area (Å²) in [5, 5.41) is 2.49. The third kappa shape index (κ3) is 5.38. The third-order valence-corrected chi connectivity index (χ3v) is 8.18. The van der Waals surface area contributed by atoms with Gasteiger partial charge in [0.05, 0.1) is 0 Å². The molecule has 0 amide bonds. The quantitative estimate of drug-likeness (QED) is 0.170. The van der Waals surface area contributed by atoms with E-state index in [0.29, 0.717) is 0 Å². The molecule has 2 heteroatoms. The fourth-order valence-electron chi connectivity index (χ4n) is 5.21. The normalized spacial score (nSPS) is 10.9. The van der Waals surface area contributed by atoms with E-state index in [1.807, 2.05) is 12.2 Å². The number of fused-ring (bicyclic) bond motifs is 1. The Morgan fingerprint density at radius 1 is 0.375 bits per heavy atom. The molecule has 0 spiro atoms. The smallest absolute Gasteiger partial charge is 0.0187 e. The number of halogens is 2. The van der Waals surface area contributed by atoms with Gasteiger partial charge in [0.1, 0.15) is 0 Å². The van der Waals surface area contributed by atoms with E-state index in [1.165, 1.54) is 38.6 Å². The van der Waals surface area contributed by atoms with Crippen LogP contribution in [0.25, 0.3) is 67.4 Å². The van der Waals surface area contributed by atoms with Gasteiger partial charge in [-0.25, -0.2) is 0 Å². The van der Waals surface area contributed by atoms with Gasteiger partial charge in [-0.2, -0.15) is 0 Å². The summed E-state index contributed by atoms with van der Waals surface area (Å²) < 4.78 is 2.10. The molecule has 0 aliphatic rings. The minimum atomic E-state index is 1.04. The number of hydrogen-bond donors (Lipinski definition) is 0. The molecule has 0 aromatic heterocycles. The topological polar surface area (TPSA) is 0 Å². The van der Waals surface area contributed by atoms with Gasteiger partial charge in [0.2, 0.25) is 0 Å². The van der Waals surface area contributed by atoms with Crippen molar-refractivity contribution >= 4 is 54.8 Å². The third-order valence-electron chi connectivity index (χ3n) is 7.27. The van der Waals surface area contributed by atoms with Crippen LogP contribution in [0.3, 0.4) is 0 Å². The minimum Gasteiger partial charge on any atom is -0.0984 e. The number of benzene rings is 6. The average molecular weight is 642 g/mol. The van der Waals surface area contributed by atoms with Crippen molar-refractivity contribution < 1.29 is 0 Å². The first kappa shape index (κ1) is 26.3. The second-order valence-corrected chi connectivity index (χ2v) is 11.7. The average Bonchev–Trinajstić information content (AvgIpc) is 3.00. The Hall–Kier alpha value is -3.98. The summed E-state index contributed by atoms with van der Waals surface area (Å²) in [6, 6.07) is 43.6. The van der Waals surface area contributed by atoms with Crippen molar-refractivity contribution in [3.05, 3.63) is 155 Å². The van der Waals surface area contributed by atoms with Crippen molar-refractivity contribution in [1.82, 2.24) is 0 Å². The largest absolute Gasteiger partial charge is 0.0984 e. The molecule has 0 aliphatic heterocycles. The minimum absolute atomic E-state index is 1.04. The molecule has 6 aromatic carbocycles. The van der Waals surface area contributed by atoms with Crippen molar-refractivity contribution in [2.75, 3.05) is 0 Å². The van der Waals surface area contributed by atoms with Gasteiger partial charge in [-0.15, -0.1) is 0 Å². The molecule has 0 aliphatic carbocycles. The summed E-state index contributed by atoms with van der Waals surface area (Å²) in [7, 11) is 0. The predicted octanol–water partition coefficient (Wildman–Crippen LogP) is 12.3. The van der Waals surface area contributed by atoms with Crippen LogP contribution in [0, 0.1) is 0 Å². The number of hydrogen-bond acceptors (Lipinski definition) is 0. The molecule has 0 heterocycles. The lowest BCUT2D eigenvalue weighted by molar-refractivity contribution is 1.53. The summed E-state index contributed by atoms with van der Waals surface area (Å²) in [5.41, 5.74) is 11.5. The van der Waals surface area contributed by atoms with E-state index in [4.69, 9.17) is 0 Å². The summed E-state index contributed by atoms with van der Waals surface area (Å²) >= 11 is 7.52. The van der Waals surface area contributed by atoms with E-state index in [0.717, 1.165) is 36.8 Å². The summed E-state index contributed by atoms with van der Waals surface area (Å²) in [5.74, 6) is 0. The molecule has 0 saturated heterocycles. The van der Waals surface area contributed by atoms with Crippen molar-refractivity contribution in [3.8, 4) is 44.5 Å². The first-order valence-electron chi connectivity index (χ1n) is 13.1. The molecule has 6 aromatic rings. The van der Waals surface area contributed by atoms with Crippen LogP contribution in [-0.2, 0) is 0 Å². The molecule has 0 radical (unpaired) electrons. The maximum absolute atomic E-state index is 3.98. The molecule has 0 nitrogen and oxygen atoms in total. The van der Waals surface area contributed by atoms with Gasteiger partial charge in [0.25, 0.3) is 0 Å². The van der Waals surface area contributed by atoms with Crippen LogP contribution in [-0.4, -0.2) is 0 Å². The van der Waals surface area contributed by atoms with Crippen LogP contribution in [0.15, 0.2) is 143 Å². The van der Waals surface area contributed by atoms with Crippen LogP contribution < -0.4 is 0 Å². The van der Waals surface area contributed by atoms with E-state index >= 15 is 0 Å². The van der Waals surface area contributed by atoms with Crippen molar-refractivity contribution in [1.29, 1.82) is 0 Å². The summed E-state index contributed by atoms with van der Waals surface area (Å²) in [6.45, 7) is 7.90. The van der Waals surface area contributed by atoms with E-state index in [9.17, 15) is 0 Å². The van der Waals surface area contributed by atoms with Gasteiger partial charge in [0, 0.05) is 8.95 Å². The molecule has 40 heavy (non-hydrogen) atoms. The molecule has 0 saturated carbocycles. The first-order valence-corrected chi connectivity index (χ1v) is 14.7. The van der Waals surface area contributed by atoms with E-state index in [-0.39, 0.29) is 0 Å². The van der Waals surface area contributed by atoms with Gasteiger partial charge in [0.15, 0.2) is 0 Å². The fourth-order valence-corrected chi connectivity index (χ4v) is 6.20. The standard InChI is InChI=1S/C38H26Br2/c1-3-25-12-14-31(16-26(25)4-2)35-19-33(21-37(39)23-35)29-10-7-11-30(18-29)34-20-36(24-38(40)22-34)32-15-13-27-8-5-6-9-28(27)17-32/h3-24H,1-2H2. The first-order chi connectivity index (χ1) is 19.5. The molecular formula is C38H26Br2. The Balaban J connectivity index is 1.39. The van der Waals surface area contributed by atoms with Crippen LogP contribution in [0.1, 0.15) is 11.1 Å². The zero-order valence-corrected chi connectivity index (χ0v) is 25.0. The lowest BCUT2D eigenvalue weighted by Crippen LogP contribution is -1.87. The van der Waals surface area contributed by atoms with Crippen molar-refractivity contribution in [2.24, 2.45) is 0 Å². The Labute approximate surface area is 252 Å². The van der Waals surface area contributed by atoms with Crippen LogP contribution in [0.5, 0.6) is 0 Å². The van der Waals surface area contributed by atoms with E-state index < -0.39 is 0 Å². The van der Waals surface area contributed by atoms with E-state index in [1.54, 1.807) is 0 Å². The van der Waals surface area contributed by atoms with Crippen LogP contribution in [0.2, 0.25) is 0 Å². The van der Waals surface area contributed by atoms with Crippen molar-refractivity contribution in [2.45, 2.75) is 0 Å². The Bertz CT molecular complexity index is 1910. The Morgan fingerprint density at radius 2 is 0.850 bits per heavy atom. The molecule has 0 unspecified atom stereocenters. The van der Waals surface area contributed by atoms with Gasteiger partial charge < -0.3 is 0 Å². The Morgan fingerprint density at radius 3 is 1.43 bits per heavy atom. The molecule has 0 fully saturated rings. The predicted molar refractivity (Wildman–Crippen MR) is 181 cm³/mol. The molecule has 0 N–H and O–H groups in total. The van der Waals surface area contributed by atoms with Gasteiger partial charge in [-0.3, -0.25) is 0 Å². The molecule has 0 atom stereocenters. The fraction of sp³-hybridized carbons (Fsp3) is 0. The SMILES string of the molecule is C=Cc1ccc(-c2cc(Br)cc(-c3cccc(-c4cc(Br)cc(-c5ccc6ccccc6c5)c4)c3)c2)cc1C=C. The monoisotopic (exact) mass is 640 g/mol. The molecule has 6 rings (SSSR count). The van der Waals surface area contributed by atoms with E-state index in [2.05, 4.69) is 166 Å². The highest BCUT2D eigenvalue weighted by atomic mass is 79.9. The van der Waals surface area contributed by atoms with Gasteiger partial charge in [-0.05, 0) is 121 Å².